The van der Waals surface area contributed by atoms with Crippen LogP contribution in [0.2, 0.25) is 0 Å². The summed E-state index contributed by atoms with van der Waals surface area (Å²) in [6.07, 6.45) is 2.46. The molecule has 20 heavy (non-hydrogen) atoms. The number of hydrogen-bond donors (Lipinski definition) is 1. The Bertz CT molecular complexity index is 288. The summed E-state index contributed by atoms with van der Waals surface area (Å²) >= 11 is 0. The van der Waals surface area contributed by atoms with E-state index in [1.807, 2.05) is 0 Å². The highest BCUT2D eigenvalue weighted by Crippen LogP contribution is 2.32. The number of nitrogens with one attached hydrogen (secondary N) is 1. The third kappa shape index (κ3) is 3.98. The van der Waals surface area contributed by atoms with Crippen molar-refractivity contribution in [3.8, 4) is 0 Å². The van der Waals surface area contributed by atoms with Gasteiger partial charge in [-0.2, -0.15) is 0 Å². The molecule has 1 aliphatic heterocycles. The van der Waals surface area contributed by atoms with Crippen LogP contribution in [-0.2, 0) is 0 Å². The van der Waals surface area contributed by atoms with Crippen molar-refractivity contribution in [2.24, 2.45) is 17.3 Å². The van der Waals surface area contributed by atoms with Crippen molar-refractivity contribution >= 4 is 0 Å². The van der Waals surface area contributed by atoms with Gasteiger partial charge in [-0.25, -0.2) is 0 Å². The van der Waals surface area contributed by atoms with E-state index in [-0.39, 0.29) is 0 Å². The average molecular weight is 283 g/mol. The van der Waals surface area contributed by atoms with Gasteiger partial charge in [0.1, 0.15) is 0 Å². The number of rotatable bonds is 6. The Morgan fingerprint density at radius 1 is 1.15 bits per heavy atom. The van der Waals surface area contributed by atoms with Crippen LogP contribution in [0.15, 0.2) is 0 Å². The van der Waals surface area contributed by atoms with Gasteiger partial charge in [0.2, 0.25) is 0 Å². The lowest BCUT2D eigenvalue weighted by atomic mass is 9.78. The van der Waals surface area contributed by atoms with Gasteiger partial charge in [-0.3, -0.25) is 4.90 Å². The summed E-state index contributed by atoms with van der Waals surface area (Å²) in [5, 5.41) is 3.87. The van der Waals surface area contributed by atoms with E-state index in [9.17, 15) is 0 Å². The van der Waals surface area contributed by atoms with Crippen molar-refractivity contribution in [1.82, 2.24) is 10.2 Å². The first-order chi connectivity index (χ1) is 9.17. The summed E-state index contributed by atoms with van der Waals surface area (Å²) in [7, 11) is 0. The Balaban J connectivity index is 2.89. The van der Waals surface area contributed by atoms with Crippen LogP contribution in [0.1, 0.15) is 68.2 Å². The summed E-state index contributed by atoms with van der Waals surface area (Å²) in [5.74, 6) is 1.44. The highest BCUT2D eigenvalue weighted by Gasteiger charge is 2.40. The van der Waals surface area contributed by atoms with Crippen LogP contribution in [0.25, 0.3) is 0 Å². The van der Waals surface area contributed by atoms with Gasteiger partial charge in [0.15, 0.2) is 0 Å². The second kappa shape index (κ2) is 6.79. The molecule has 0 bridgehead atoms. The van der Waals surface area contributed by atoms with Crippen LogP contribution in [0.3, 0.4) is 0 Å². The quantitative estimate of drug-likeness (QED) is 0.787. The molecule has 1 rings (SSSR count). The van der Waals surface area contributed by atoms with Crippen molar-refractivity contribution in [2.75, 3.05) is 19.6 Å². The second-order valence-corrected chi connectivity index (χ2v) is 8.23. The van der Waals surface area contributed by atoms with E-state index in [0.717, 1.165) is 18.4 Å². The Hall–Kier alpha value is -0.0800. The van der Waals surface area contributed by atoms with Crippen molar-refractivity contribution < 1.29 is 0 Å². The zero-order chi connectivity index (χ0) is 15.6. The number of nitrogens with zero attached hydrogens (tertiary/aromatic N) is 1. The minimum atomic E-state index is 0.332. The normalized spacial score (nSPS) is 24.6. The van der Waals surface area contributed by atoms with E-state index in [4.69, 9.17) is 0 Å². The standard InChI is InChI=1S/C18H38N2/c1-9-18(10-2)13-20(12-17(7,8)15(5)6)16(11-19-18)14(3)4/h14-16,19H,9-13H2,1-8H3. The molecule has 0 spiro atoms. The Labute approximate surface area is 127 Å². The lowest BCUT2D eigenvalue weighted by Crippen LogP contribution is -2.66. The van der Waals surface area contributed by atoms with Crippen molar-refractivity contribution in [1.29, 1.82) is 0 Å². The molecule has 0 amide bonds. The second-order valence-electron chi connectivity index (χ2n) is 8.23. The van der Waals surface area contributed by atoms with Crippen LogP contribution >= 0.6 is 0 Å². The lowest BCUT2D eigenvalue weighted by Gasteiger charge is -2.51. The third-order valence-electron chi connectivity index (χ3n) is 5.96. The number of piperazine rings is 1. The first-order valence-corrected chi connectivity index (χ1v) is 8.66. The fourth-order valence-electron chi connectivity index (χ4n) is 3.27. The van der Waals surface area contributed by atoms with E-state index in [1.54, 1.807) is 0 Å². The van der Waals surface area contributed by atoms with Gasteiger partial charge in [-0.05, 0) is 30.1 Å². The highest BCUT2D eigenvalue weighted by molar-refractivity contribution is 4.98. The van der Waals surface area contributed by atoms with E-state index in [2.05, 4.69) is 65.6 Å². The van der Waals surface area contributed by atoms with Gasteiger partial charge in [0.25, 0.3) is 0 Å². The zero-order valence-electron chi connectivity index (χ0n) is 15.2. The molecule has 0 radical (unpaired) electrons. The van der Waals surface area contributed by atoms with Gasteiger partial charge in [0, 0.05) is 31.2 Å². The molecule has 2 nitrogen and oxygen atoms in total. The van der Waals surface area contributed by atoms with Crippen LogP contribution in [0.5, 0.6) is 0 Å². The van der Waals surface area contributed by atoms with Crippen LogP contribution in [0.4, 0.5) is 0 Å². The van der Waals surface area contributed by atoms with Gasteiger partial charge >= 0.3 is 0 Å². The Morgan fingerprint density at radius 2 is 1.70 bits per heavy atom. The van der Waals surface area contributed by atoms with Crippen molar-refractivity contribution in [3.63, 3.8) is 0 Å². The van der Waals surface area contributed by atoms with Gasteiger partial charge < -0.3 is 5.32 Å². The van der Waals surface area contributed by atoms with E-state index >= 15 is 0 Å². The molecule has 0 aromatic carbocycles. The smallest absolute Gasteiger partial charge is 0.0304 e. The molecule has 1 atom stereocenters. The molecule has 1 aliphatic rings. The summed E-state index contributed by atoms with van der Waals surface area (Å²) in [6, 6.07) is 0.680. The van der Waals surface area contributed by atoms with Gasteiger partial charge in [0.05, 0.1) is 0 Å². The zero-order valence-corrected chi connectivity index (χ0v) is 15.2. The molecular weight excluding hydrogens is 244 g/mol. The molecule has 0 aromatic heterocycles. The maximum Gasteiger partial charge on any atom is 0.0304 e. The largest absolute Gasteiger partial charge is 0.308 e. The maximum absolute atomic E-state index is 3.87. The summed E-state index contributed by atoms with van der Waals surface area (Å²) < 4.78 is 0. The topological polar surface area (TPSA) is 15.3 Å². The van der Waals surface area contributed by atoms with Gasteiger partial charge in [-0.1, -0.05) is 55.4 Å². The minimum Gasteiger partial charge on any atom is -0.308 e. The SMILES string of the molecule is CCC1(CC)CN(CC(C)(C)C(C)C)C(C(C)C)CN1. The predicted molar refractivity (Wildman–Crippen MR) is 90.1 cm³/mol. The summed E-state index contributed by atoms with van der Waals surface area (Å²) in [4.78, 5) is 2.79. The maximum atomic E-state index is 3.87. The fourth-order valence-corrected chi connectivity index (χ4v) is 3.27. The van der Waals surface area contributed by atoms with Gasteiger partial charge in [-0.15, -0.1) is 0 Å². The van der Waals surface area contributed by atoms with E-state index in [0.29, 0.717) is 17.0 Å². The van der Waals surface area contributed by atoms with E-state index < -0.39 is 0 Å². The van der Waals surface area contributed by atoms with Crippen molar-refractivity contribution in [2.45, 2.75) is 79.8 Å². The van der Waals surface area contributed by atoms with Crippen LogP contribution in [-0.4, -0.2) is 36.1 Å². The lowest BCUT2D eigenvalue weighted by molar-refractivity contribution is 0.0122. The van der Waals surface area contributed by atoms with Crippen LogP contribution < -0.4 is 5.32 Å². The molecule has 1 saturated heterocycles. The fraction of sp³-hybridized carbons (Fsp3) is 1.00. The molecule has 0 aromatic rings. The first kappa shape index (κ1) is 18.0. The molecule has 0 saturated carbocycles. The Kier molecular flexibility index (Phi) is 6.10. The minimum absolute atomic E-state index is 0.332. The Morgan fingerprint density at radius 3 is 2.10 bits per heavy atom. The average Bonchev–Trinajstić information content (AvgIpc) is 2.37. The molecule has 1 N–H and O–H groups in total. The first-order valence-electron chi connectivity index (χ1n) is 8.66. The summed E-state index contributed by atoms with van der Waals surface area (Å²) in [6.45, 7) is 22.5. The predicted octanol–water partition coefficient (Wildman–Crippen LogP) is 4.16. The summed E-state index contributed by atoms with van der Waals surface area (Å²) in [5.41, 5.74) is 0.718. The van der Waals surface area contributed by atoms with E-state index in [1.165, 1.54) is 25.9 Å². The molecular formula is C18H38N2. The molecule has 1 unspecified atom stereocenters. The molecule has 1 heterocycles. The highest BCUT2D eigenvalue weighted by atomic mass is 15.3. The third-order valence-corrected chi connectivity index (χ3v) is 5.96. The van der Waals surface area contributed by atoms with Crippen LogP contribution in [0, 0.1) is 17.3 Å². The molecule has 1 fully saturated rings. The molecule has 120 valence electrons. The molecule has 2 heteroatoms. The molecule has 0 aliphatic carbocycles. The number of hydrogen-bond acceptors (Lipinski definition) is 2. The monoisotopic (exact) mass is 282 g/mol. The van der Waals surface area contributed by atoms with Crippen molar-refractivity contribution in [3.05, 3.63) is 0 Å².